The summed E-state index contributed by atoms with van der Waals surface area (Å²) in [5.41, 5.74) is 0.880. The van der Waals surface area contributed by atoms with Crippen molar-refractivity contribution in [3.63, 3.8) is 0 Å². The van der Waals surface area contributed by atoms with Gasteiger partial charge in [-0.25, -0.2) is 0 Å². The van der Waals surface area contributed by atoms with Crippen LogP contribution in [0.1, 0.15) is 24.8 Å². The summed E-state index contributed by atoms with van der Waals surface area (Å²) in [6.45, 7) is 3.60. The maximum atomic E-state index is 12.7. The Labute approximate surface area is 154 Å². The molecule has 0 saturated carbocycles. The predicted octanol–water partition coefficient (Wildman–Crippen LogP) is 1.42. The number of carbonyl (C=O) groups is 2. The van der Waals surface area contributed by atoms with E-state index in [2.05, 4.69) is 5.32 Å². The third-order valence-corrected chi connectivity index (χ3v) is 4.75. The zero-order chi connectivity index (χ0) is 19.1. The molecular weight excluding hydrogens is 336 g/mol. The van der Waals surface area contributed by atoms with Gasteiger partial charge in [0.2, 0.25) is 11.8 Å². The van der Waals surface area contributed by atoms with E-state index in [1.54, 1.807) is 26.2 Å². The topological polar surface area (TPSA) is 77.1 Å². The number of nitrogens with one attached hydrogen (secondary N) is 1. The number of hydrogen-bond acceptors (Lipinski definition) is 5. The smallest absolute Gasteiger partial charge is 0.225 e. The number of benzene rings is 1. The summed E-state index contributed by atoms with van der Waals surface area (Å²) in [5, 5.41) is 2.89. The summed E-state index contributed by atoms with van der Waals surface area (Å²) in [5.74, 6) is 0.693. The molecule has 2 amide bonds. The molecule has 0 radical (unpaired) electrons. The van der Waals surface area contributed by atoms with E-state index in [0.717, 1.165) is 5.56 Å². The van der Waals surface area contributed by atoms with Crippen molar-refractivity contribution in [3.8, 4) is 11.5 Å². The van der Waals surface area contributed by atoms with E-state index in [-0.39, 0.29) is 23.7 Å². The monoisotopic (exact) mass is 364 g/mol. The Morgan fingerprint density at radius 1 is 1.19 bits per heavy atom. The number of rotatable bonds is 8. The summed E-state index contributed by atoms with van der Waals surface area (Å²) in [6, 6.07) is 5.63. The van der Waals surface area contributed by atoms with Gasteiger partial charge < -0.3 is 24.4 Å². The van der Waals surface area contributed by atoms with Gasteiger partial charge in [0.05, 0.1) is 26.7 Å². The van der Waals surface area contributed by atoms with Crippen LogP contribution in [-0.4, -0.2) is 64.3 Å². The van der Waals surface area contributed by atoms with Crippen molar-refractivity contribution in [2.24, 2.45) is 5.92 Å². The van der Waals surface area contributed by atoms with Crippen LogP contribution >= 0.6 is 0 Å². The summed E-state index contributed by atoms with van der Waals surface area (Å²) >= 11 is 0. The second-order valence-electron chi connectivity index (χ2n) is 6.23. The number of nitrogens with zero attached hydrogens (tertiary/aromatic N) is 1. The third kappa shape index (κ3) is 4.27. The van der Waals surface area contributed by atoms with Gasteiger partial charge in [-0.05, 0) is 6.07 Å². The second-order valence-corrected chi connectivity index (χ2v) is 6.23. The van der Waals surface area contributed by atoms with Crippen molar-refractivity contribution in [1.82, 2.24) is 10.2 Å². The Bertz CT molecular complexity index is 634. The van der Waals surface area contributed by atoms with Crippen LogP contribution in [0.4, 0.5) is 0 Å². The molecule has 0 bridgehead atoms. The molecule has 0 spiro atoms. The lowest BCUT2D eigenvalue weighted by Crippen LogP contribution is -2.37. The molecule has 26 heavy (non-hydrogen) atoms. The van der Waals surface area contributed by atoms with Gasteiger partial charge in [0.15, 0.2) is 11.5 Å². The summed E-state index contributed by atoms with van der Waals surface area (Å²) in [4.78, 5) is 26.7. The molecule has 2 rings (SSSR count). The first-order chi connectivity index (χ1) is 12.6. The minimum Gasteiger partial charge on any atom is -0.493 e. The molecule has 1 aromatic rings. The number of para-hydroxylation sites is 1. The van der Waals surface area contributed by atoms with E-state index in [0.29, 0.717) is 44.2 Å². The molecule has 1 aromatic carbocycles. The molecule has 7 heteroatoms. The first kappa shape index (κ1) is 20.0. The minimum atomic E-state index is -0.344. The predicted molar refractivity (Wildman–Crippen MR) is 97.5 cm³/mol. The third-order valence-electron chi connectivity index (χ3n) is 4.75. The lowest BCUT2D eigenvalue weighted by molar-refractivity contribution is -0.130. The van der Waals surface area contributed by atoms with E-state index in [1.165, 1.54) is 0 Å². The van der Waals surface area contributed by atoms with Crippen LogP contribution < -0.4 is 14.8 Å². The number of carbonyl (C=O) groups excluding carboxylic acids is 2. The quantitative estimate of drug-likeness (QED) is 0.706. The van der Waals surface area contributed by atoms with E-state index in [9.17, 15) is 9.59 Å². The van der Waals surface area contributed by atoms with E-state index >= 15 is 0 Å². The zero-order valence-electron chi connectivity index (χ0n) is 15.9. The van der Waals surface area contributed by atoms with Crippen LogP contribution in [0.3, 0.4) is 0 Å². The lowest BCUT2D eigenvalue weighted by atomic mass is 9.87. The molecule has 1 heterocycles. The van der Waals surface area contributed by atoms with Crippen LogP contribution in [0.2, 0.25) is 0 Å². The van der Waals surface area contributed by atoms with Crippen LogP contribution in [0.25, 0.3) is 0 Å². The van der Waals surface area contributed by atoms with Crippen LogP contribution in [0.15, 0.2) is 18.2 Å². The molecule has 0 aliphatic carbocycles. The SMILES string of the molecule is CCC(=O)N1CC(C(=O)NCCOC)C(c2cccc(OC)c2OC)C1. The molecule has 0 aromatic heterocycles. The van der Waals surface area contributed by atoms with E-state index in [4.69, 9.17) is 14.2 Å². The first-order valence-corrected chi connectivity index (χ1v) is 8.82. The van der Waals surface area contributed by atoms with Crippen LogP contribution in [0.5, 0.6) is 11.5 Å². The van der Waals surface area contributed by atoms with Crippen LogP contribution in [0, 0.1) is 5.92 Å². The van der Waals surface area contributed by atoms with Gasteiger partial charge in [0.1, 0.15) is 0 Å². The van der Waals surface area contributed by atoms with Gasteiger partial charge >= 0.3 is 0 Å². The number of hydrogen-bond donors (Lipinski definition) is 1. The van der Waals surface area contributed by atoms with Crippen molar-refractivity contribution in [1.29, 1.82) is 0 Å². The van der Waals surface area contributed by atoms with Gasteiger partial charge in [-0.1, -0.05) is 19.1 Å². The number of ether oxygens (including phenoxy) is 3. The fourth-order valence-corrected chi connectivity index (χ4v) is 3.42. The molecular formula is C19H28N2O5. The van der Waals surface area contributed by atoms with Gasteiger partial charge in [-0.3, -0.25) is 9.59 Å². The summed E-state index contributed by atoms with van der Waals surface area (Å²) < 4.78 is 15.9. The zero-order valence-corrected chi connectivity index (χ0v) is 15.9. The largest absolute Gasteiger partial charge is 0.493 e. The van der Waals surface area contributed by atoms with Crippen molar-refractivity contribution in [2.75, 3.05) is 47.6 Å². The molecule has 1 aliphatic heterocycles. The first-order valence-electron chi connectivity index (χ1n) is 8.82. The number of amides is 2. The standard InChI is InChI=1S/C19H28N2O5/c1-5-17(22)21-11-14(15(12-21)19(23)20-9-10-24-2)13-7-6-8-16(25-3)18(13)26-4/h6-8,14-15H,5,9-12H2,1-4H3,(H,20,23). The van der Waals surface area contributed by atoms with E-state index in [1.807, 2.05) is 25.1 Å². The Morgan fingerprint density at radius 3 is 2.58 bits per heavy atom. The molecule has 2 atom stereocenters. The molecule has 144 valence electrons. The lowest BCUT2D eigenvalue weighted by Gasteiger charge is -2.21. The molecule has 1 N–H and O–H groups in total. The molecule has 7 nitrogen and oxygen atoms in total. The average molecular weight is 364 g/mol. The maximum Gasteiger partial charge on any atom is 0.225 e. The Morgan fingerprint density at radius 2 is 1.96 bits per heavy atom. The van der Waals surface area contributed by atoms with Crippen molar-refractivity contribution in [2.45, 2.75) is 19.3 Å². The highest BCUT2D eigenvalue weighted by Crippen LogP contribution is 2.42. The Balaban J connectivity index is 2.32. The van der Waals surface area contributed by atoms with Gasteiger partial charge in [0, 0.05) is 44.6 Å². The molecule has 1 saturated heterocycles. The molecule has 1 fully saturated rings. The van der Waals surface area contributed by atoms with E-state index < -0.39 is 0 Å². The average Bonchev–Trinajstić information content (AvgIpc) is 3.12. The van der Waals surface area contributed by atoms with Crippen molar-refractivity contribution >= 4 is 11.8 Å². The summed E-state index contributed by atoms with van der Waals surface area (Å²) in [7, 11) is 4.75. The summed E-state index contributed by atoms with van der Waals surface area (Å²) in [6.07, 6.45) is 0.417. The van der Waals surface area contributed by atoms with Crippen LogP contribution in [-0.2, 0) is 14.3 Å². The number of methoxy groups -OCH3 is 3. The van der Waals surface area contributed by atoms with Crippen molar-refractivity contribution in [3.05, 3.63) is 23.8 Å². The maximum absolute atomic E-state index is 12.7. The highest BCUT2D eigenvalue weighted by Gasteiger charge is 2.41. The van der Waals surface area contributed by atoms with Gasteiger partial charge in [-0.15, -0.1) is 0 Å². The normalized spacial score (nSPS) is 19.3. The van der Waals surface area contributed by atoms with Gasteiger partial charge in [-0.2, -0.15) is 0 Å². The molecule has 1 aliphatic rings. The number of likely N-dealkylation sites (tertiary alicyclic amines) is 1. The fraction of sp³-hybridized carbons (Fsp3) is 0.579. The van der Waals surface area contributed by atoms with Gasteiger partial charge in [0.25, 0.3) is 0 Å². The second kappa shape index (κ2) is 9.43. The Hall–Kier alpha value is -2.28. The highest BCUT2D eigenvalue weighted by atomic mass is 16.5. The minimum absolute atomic E-state index is 0.0454. The van der Waals surface area contributed by atoms with Crippen molar-refractivity contribution < 1.29 is 23.8 Å². The Kier molecular flexibility index (Phi) is 7.26. The highest BCUT2D eigenvalue weighted by molar-refractivity contribution is 5.83. The molecule has 2 unspecified atom stereocenters. The fourth-order valence-electron chi connectivity index (χ4n) is 3.42.